The van der Waals surface area contributed by atoms with Crippen molar-refractivity contribution in [2.24, 2.45) is 0 Å². The summed E-state index contributed by atoms with van der Waals surface area (Å²) in [5.41, 5.74) is 1.20. The van der Waals surface area contributed by atoms with E-state index in [4.69, 9.17) is 9.26 Å². The molecule has 1 saturated heterocycles. The first kappa shape index (κ1) is 20.5. The van der Waals surface area contributed by atoms with Crippen molar-refractivity contribution in [1.29, 1.82) is 0 Å². The van der Waals surface area contributed by atoms with E-state index in [-0.39, 0.29) is 17.5 Å². The Labute approximate surface area is 178 Å². The van der Waals surface area contributed by atoms with Crippen molar-refractivity contribution in [3.05, 3.63) is 82.0 Å². The summed E-state index contributed by atoms with van der Waals surface area (Å²) < 4.78 is 10.8. The number of ether oxygens (including phenoxy) is 1. The number of aryl methyl sites for hydroxylation is 2. The van der Waals surface area contributed by atoms with Crippen LogP contribution in [-0.4, -0.2) is 32.6 Å². The number of aromatic nitrogens is 2. The minimum Gasteiger partial charge on any atom is -0.410 e. The van der Waals surface area contributed by atoms with Gasteiger partial charge in [-0.15, -0.1) is 0 Å². The summed E-state index contributed by atoms with van der Waals surface area (Å²) in [5.74, 6) is 1.28. The highest BCUT2D eigenvalue weighted by Crippen LogP contribution is 2.32. The first-order chi connectivity index (χ1) is 15.1. The first-order valence-corrected chi connectivity index (χ1v) is 10.2. The van der Waals surface area contributed by atoms with Crippen LogP contribution in [0.4, 0.5) is 10.5 Å². The smallest absolute Gasteiger partial charge is 0.410 e. The SMILES string of the molecule is O=C(Oc1ccc([N+](=O)[O-])cc1)N1CCC[C@H]1c1nc(CCCc2ccccc2)no1. The molecule has 9 heteroatoms. The normalized spacial score (nSPS) is 15.7. The van der Waals surface area contributed by atoms with Crippen molar-refractivity contribution in [2.75, 3.05) is 6.54 Å². The van der Waals surface area contributed by atoms with Crippen molar-refractivity contribution in [2.45, 2.75) is 38.1 Å². The molecule has 0 saturated carbocycles. The minimum atomic E-state index is -0.541. The topological polar surface area (TPSA) is 112 Å². The summed E-state index contributed by atoms with van der Waals surface area (Å²) in [6.07, 6.45) is 3.49. The van der Waals surface area contributed by atoms with Crippen LogP contribution in [0.25, 0.3) is 0 Å². The van der Waals surface area contributed by atoms with Gasteiger partial charge in [0.1, 0.15) is 11.8 Å². The van der Waals surface area contributed by atoms with Gasteiger partial charge in [-0.2, -0.15) is 4.98 Å². The molecule has 9 nitrogen and oxygen atoms in total. The molecular weight excluding hydrogens is 400 g/mol. The Balaban J connectivity index is 1.34. The number of likely N-dealkylation sites (tertiary alicyclic amines) is 1. The van der Waals surface area contributed by atoms with Gasteiger partial charge in [-0.3, -0.25) is 15.0 Å². The van der Waals surface area contributed by atoms with E-state index in [1.54, 1.807) is 4.90 Å². The average molecular weight is 422 g/mol. The Morgan fingerprint density at radius 3 is 2.68 bits per heavy atom. The van der Waals surface area contributed by atoms with Gasteiger partial charge in [0.2, 0.25) is 5.89 Å². The Morgan fingerprint density at radius 1 is 1.16 bits per heavy atom. The lowest BCUT2D eigenvalue weighted by Gasteiger charge is -2.20. The third-order valence-electron chi connectivity index (χ3n) is 5.22. The highest BCUT2D eigenvalue weighted by molar-refractivity contribution is 5.71. The van der Waals surface area contributed by atoms with Crippen molar-refractivity contribution >= 4 is 11.8 Å². The van der Waals surface area contributed by atoms with Gasteiger partial charge in [0.25, 0.3) is 5.69 Å². The van der Waals surface area contributed by atoms with Crippen LogP contribution in [0.15, 0.2) is 59.1 Å². The molecule has 0 aliphatic carbocycles. The summed E-state index contributed by atoms with van der Waals surface area (Å²) in [6, 6.07) is 15.3. The van der Waals surface area contributed by atoms with Crippen molar-refractivity contribution < 1.29 is 19.0 Å². The molecule has 0 radical (unpaired) electrons. The predicted octanol–water partition coefficient (Wildman–Crippen LogP) is 4.49. The lowest BCUT2D eigenvalue weighted by molar-refractivity contribution is -0.384. The predicted molar refractivity (Wildman–Crippen MR) is 111 cm³/mol. The Morgan fingerprint density at radius 2 is 1.94 bits per heavy atom. The molecule has 1 aliphatic heterocycles. The van der Waals surface area contributed by atoms with Crippen molar-refractivity contribution in [3.8, 4) is 5.75 Å². The van der Waals surface area contributed by atoms with Crippen LogP contribution in [0.5, 0.6) is 5.75 Å². The molecule has 160 valence electrons. The lowest BCUT2D eigenvalue weighted by Crippen LogP contribution is -2.33. The van der Waals surface area contributed by atoms with E-state index in [9.17, 15) is 14.9 Å². The highest BCUT2D eigenvalue weighted by Gasteiger charge is 2.35. The highest BCUT2D eigenvalue weighted by atomic mass is 16.6. The zero-order chi connectivity index (χ0) is 21.6. The average Bonchev–Trinajstić information content (AvgIpc) is 3.44. The molecular formula is C22H22N4O5. The Bertz CT molecular complexity index is 1040. The number of carbonyl (C=O) groups excluding carboxylic acids is 1. The summed E-state index contributed by atoms with van der Waals surface area (Å²) in [7, 11) is 0. The minimum absolute atomic E-state index is 0.0653. The van der Waals surface area contributed by atoms with E-state index in [2.05, 4.69) is 22.3 Å². The van der Waals surface area contributed by atoms with Crippen LogP contribution in [-0.2, 0) is 12.8 Å². The van der Waals surface area contributed by atoms with Crippen LogP contribution >= 0.6 is 0 Å². The van der Waals surface area contributed by atoms with Gasteiger partial charge in [-0.05, 0) is 43.4 Å². The number of rotatable bonds is 7. The summed E-state index contributed by atoms with van der Waals surface area (Å²) in [4.78, 5) is 28.9. The number of nitrogens with zero attached hydrogens (tertiary/aromatic N) is 4. The molecule has 1 atom stereocenters. The van der Waals surface area contributed by atoms with Crippen LogP contribution < -0.4 is 4.74 Å². The molecule has 1 amide bonds. The van der Waals surface area contributed by atoms with Gasteiger partial charge in [-0.25, -0.2) is 4.79 Å². The number of nitro groups is 1. The number of benzene rings is 2. The maximum absolute atomic E-state index is 12.6. The van der Waals surface area contributed by atoms with Gasteiger partial charge in [0.05, 0.1) is 4.92 Å². The summed E-state index contributed by atoms with van der Waals surface area (Å²) in [5, 5.41) is 14.8. The number of nitro benzene ring substituents is 1. The molecule has 2 heterocycles. The van der Waals surface area contributed by atoms with Crippen molar-refractivity contribution in [3.63, 3.8) is 0 Å². The number of hydrogen-bond donors (Lipinski definition) is 0. The van der Waals surface area contributed by atoms with Gasteiger partial charge >= 0.3 is 6.09 Å². The Kier molecular flexibility index (Phi) is 6.21. The number of non-ortho nitro benzene ring substituents is 1. The first-order valence-electron chi connectivity index (χ1n) is 10.2. The second-order valence-corrected chi connectivity index (χ2v) is 7.36. The van der Waals surface area contributed by atoms with E-state index in [1.807, 2.05) is 18.2 Å². The van der Waals surface area contributed by atoms with Crippen LogP contribution in [0, 0.1) is 10.1 Å². The number of carbonyl (C=O) groups is 1. The zero-order valence-electron chi connectivity index (χ0n) is 16.8. The summed E-state index contributed by atoms with van der Waals surface area (Å²) in [6.45, 7) is 0.516. The zero-order valence-corrected chi connectivity index (χ0v) is 16.8. The molecule has 1 fully saturated rings. The third kappa shape index (κ3) is 5.06. The monoisotopic (exact) mass is 422 g/mol. The molecule has 0 bridgehead atoms. The fraction of sp³-hybridized carbons (Fsp3) is 0.318. The fourth-order valence-corrected chi connectivity index (χ4v) is 3.64. The fourth-order valence-electron chi connectivity index (χ4n) is 3.64. The number of amides is 1. The van der Waals surface area contributed by atoms with Gasteiger partial charge in [0, 0.05) is 25.1 Å². The standard InChI is InChI=1S/C22H22N4O5/c27-22(30-18-13-11-17(12-14-18)26(28)29)25-15-5-9-19(25)21-23-20(24-31-21)10-4-8-16-6-2-1-3-7-16/h1-3,6-7,11-14,19H,4-5,8-10,15H2/t19-/m0/s1. The molecule has 0 spiro atoms. The van der Waals surface area contributed by atoms with Gasteiger partial charge < -0.3 is 9.26 Å². The second kappa shape index (κ2) is 9.38. The molecule has 2 aromatic carbocycles. The molecule has 1 aromatic heterocycles. The molecule has 1 aliphatic rings. The number of hydrogen-bond acceptors (Lipinski definition) is 7. The Hall–Kier alpha value is -3.75. The van der Waals surface area contributed by atoms with Gasteiger partial charge in [0.15, 0.2) is 5.82 Å². The molecule has 0 N–H and O–H groups in total. The maximum atomic E-state index is 12.6. The van der Waals surface area contributed by atoms with E-state index < -0.39 is 11.0 Å². The lowest BCUT2D eigenvalue weighted by atomic mass is 10.1. The quantitative estimate of drug-likeness (QED) is 0.407. The van der Waals surface area contributed by atoms with Crippen LogP contribution in [0.3, 0.4) is 0 Å². The van der Waals surface area contributed by atoms with E-state index in [1.165, 1.54) is 29.8 Å². The van der Waals surface area contributed by atoms with Gasteiger partial charge in [-0.1, -0.05) is 35.5 Å². The largest absolute Gasteiger partial charge is 0.415 e. The van der Waals surface area contributed by atoms with E-state index in [0.29, 0.717) is 31.1 Å². The van der Waals surface area contributed by atoms with Crippen LogP contribution in [0.1, 0.15) is 42.6 Å². The van der Waals surface area contributed by atoms with Crippen molar-refractivity contribution in [1.82, 2.24) is 15.0 Å². The van der Waals surface area contributed by atoms with E-state index >= 15 is 0 Å². The molecule has 0 unspecified atom stereocenters. The van der Waals surface area contributed by atoms with E-state index in [0.717, 1.165) is 19.3 Å². The van der Waals surface area contributed by atoms with Crippen LogP contribution in [0.2, 0.25) is 0 Å². The molecule has 4 rings (SSSR count). The second-order valence-electron chi connectivity index (χ2n) is 7.36. The maximum Gasteiger partial charge on any atom is 0.415 e. The third-order valence-corrected chi connectivity index (χ3v) is 5.22. The molecule has 3 aromatic rings. The summed E-state index contributed by atoms with van der Waals surface area (Å²) >= 11 is 0. The molecule has 31 heavy (non-hydrogen) atoms.